The molecule has 60 valence electrons. The van der Waals surface area contributed by atoms with Gasteiger partial charge in [-0.3, -0.25) is 5.41 Å². The number of hydrogen-bond donors (Lipinski definition) is 2. The van der Waals surface area contributed by atoms with Crippen LogP contribution >= 0.6 is 23.4 Å². The summed E-state index contributed by atoms with van der Waals surface area (Å²) in [4.78, 5) is -1.21. The Hall–Kier alpha value is 0.0600. The van der Waals surface area contributed by atoms with Crippen LogP contribution in [0.3, 0.4) is 0 Å². The van der Waals surface area contributed by atoms with Crippen molar-refractivity contribution in [1.82, 2.24) is 0 Å². The molecule has 7 heteroatoms. The molecule has 10 heavy (non-hydrogen) atoms. The van der Waals surface area contributed by atoms with Gasteiger partial charge in [-0.25, -0.2) is 0 Å². The second-order valence-corrected chi connectivity index (χ2v) is 3.18. The van der Waals surface area contributed by atoms with Crippen molar-refractivity contribution < 1.29 is 13.2 Å². The Bertz CT molecular complexity index is 134. The topological polar surface area (TPSA) is 49.9 Å². The second-order valence-electron chi connectivity index (χ2n) is 1.30. The molecular weight excluding hydrogens is 189 g/mol. The summed E-state index contributed by atoms with van der Waals surface area (Å²) < 4.78 is 34.3. The fraction of sp³-hybridized carbons (Fsp3) is 0.667. The number of nitrogens with one attached hydrogen (secondary N) is 1. The van der Waals surface area contributed by atoms with E-state index < -0.39 is 16.1 Å². The molecule has 0 rings (SSSR count). The van der Waals surface area contributed by atoms with Crippen LogP contribution in [0.15, 0.2) is 0 Å². The predicted molar refractivity (Wildman–Crippen MR) is 35.2 cm³/mol. The van der Waals surface area contributed by atoms with Crippen molar-refractivity contribution in [2.24, 2.45) is 5.73 Å². The van der Waals surface area contributed by atoms with Crippen LogP contribution in [0.5, 0.6) is 0 Å². The molecule has 2 nitrogen and oxygen atoms in total. The van der Waals surface area contributed by atoms with Crippen molar-refractivity contribution in [1.29, 1.82) is 5.41 Å². The van der Waals surface area contributed by atoms with Gasteiger partial charge in [-0.1, -0.05) is 23.4 Å². The van der Waals surface area contributed by atoms with Gasteiger partial charge in [0.2, 0.25) is 0 Å². The minimum Gasteiger partial charge on any atom is -0.307 e. The van der Waals surface area contributed by atoms with Crippen LogP contribution in [0, 0.1) is 5.41 Å². The van der Waals surface area contributed by atoms with Gasteiger partial charge < -0.3 is 5.73 Å². The fourth-order valence-corrected chi connectivity index (χ4v) is 0.805. The van der Waals surface area contributed by atoms with Crippen molar-refractivity contribution in [2.45, 2.75) is 11.0 Å². The van der Waals surface area contributed by atoms with E-state index in [4.69, 9.17) is 22.7 Å². The van der Waals surface area contributed by atoms with E-state index in [0.717, 1.165) is 0 Å². The highest BCUT2D eigenvalue weighted by Crippen LogP contribution is 2.25. The molecule has 0 bridgehead atoms. The summed E-state index contributed by atoms with van der Waals surface area (Å²) in [7, 11) is 0. The Morgan fingerprint density at radius 1 is 1.60 bits per heavy atom. The molecule has 0 saturated carbocycles. The molecule has 0 aliphatic carbocycles. The van der Waals surface area contributed by atoms with Gasteiger partial charge in [0.15, 0.2) is 5.04 Å². The van der Waals surface area contributed by atoms with Crippen molar-refractivity contribution in [3.05, 3.63) is 0 Å². The summed E-state index contributed by atoms with van der Waals surface area (Å²) in [6.45, 7) is 0. The van der Waals surface area contributed by atoms with E-state index in [1.807, 2.05) is 0 Å². The van der Waals surface area contributed by atoms with Gasteiger partial charge in [0, 0.05) is 0 Å². The standard InChI is InChI=1S/C3H4ClF3N2S/c4-2(9)10-1(8)3(5,6)7/h2,8H,9H2. The minimum absolute atomic E-state index is 0.0629. The molecule has 0 amide bonds. The molecule has 0 aliphatic rings. The SMILES string of the molecule is N=C(SC(N)Cl)C(F)(F)F. The van der Waals surface area contributed by atoms with Crippen LogP contribution in [0.25, 0.3) is 0 Å². The summed E-state index contributed by atoms with van der Waals surface area (Å²) in [5.74, 6) is 0. The first-order chi connectivity index (χ1) is 4.34. The number of rotatable bonds is 1. The monoisotopic (exact) mass is 192 g/mol. The zero-order valence-electron chi connectivity index (χ0n) is 4.57. The molecule has 0 aromatic heterocycles. The fourth-order valence-electron chi connectivity index (χ4n) is 0.179. The van der Waals surface area contributed by atoms with Crippen molar-refractivity contribution >= 4 is 28.4 Å². The summed E-state index contributed by atoms with van der Waals surface area (Å²) in [5, 5.41) is 4.87. The lowest BCUT2D eigenvalue weighted by molar-refractivity contribution is -0.0561. The van der Waals surface area contributed by atoms with Crippen molar-refractivity contribution in [3.63, 3.8) is 0 Å². The smallest absolute Gasteiger partial charge is 0.307 e. The molecular formula is C3H4ClF3N2S. The zero-order chi connectivity index (χ0) is 8.36. The lowest BCUT2D eigenvalue weighted by atomic mass is 10.7. The third-order valence-corrected chi connectivity index (χ3v) is 1.45. The van der Waals surface area contributed by atoms with Crippen molar-refractivity contribution in [2.75, 3.05) is 0 Å². The van der Waals surface area contributed by atoms with E-state index in [2.05, 4.69) is 0 Å². The minimum atomic E-state index is -4.63. The molecule has 0 aliphatic heterocycles. The summed E-state index contributed by atoms with van der Waals surface area (Å²) in [5.41, 5.74) is 4.78. The van der Waals surface area contributed by atoms with E-state index >= 15 is 0 Å². The first-order valence-corrected chi connectivity index (χ1v) is 3.37. The van der Waals surface area contributed by atoms with Gasteiger partial charge in [-0.05, 0) is 0 Å². The first kappa shape index (κ1) is 10.1. The van der Waals surface area contributed by atoms with Crippen LogP contribution in [0.2, 0.25) is 0 Å². The lowest BCUT2D eigenvalue weighted by Gasteiger charge is -2.07. The highest BCUT2D eigenvalue weighted by molar-refractivity contribution is 8.15. The number of alkyl halides is 4. The highest BCUT2D eigenvalue weighted by atomic mass is 35.5. The van der Waals surface area contributed by atoms with E-state index in [1.165, 1.54) is 0 Å². The summed E-state index contributed by atoms with van der Waals surface area (Å²) in [6, 6.07) is 0. The molecule has 0 spiro atoms. The third kappa shape index (κ3) is 3.97. The summed E-state index contributed by atoms with van der Waals surface area (Å²) >= 11 is 5.04. The quantitative estimate of drug-likeness (QED) is 0.219. The Morgan fingerprint density at radius 3 is 2.10 bits per heavy atom. The number of hydrogen-bond acceptors (Lipinski definition) is 3. The van der Waals surface area contributed by atoms with Crippen LogP contribution < -0.4 is 5.73 Å². The highest BCUT2D eigenvalue weighted by Gasteiger charge is 2.35. The molecule has 3 N–H and O–H groups in total. The van der Waals surface area contributed by atoms with Gasteiger partial charge in [-0.15, -0.1) is 0 Å². The number of thioether (sulfide) groups is 1. The maximum Gasteiger partial charge on any atom is 0.438 e. The van der Waals surface area contributed by atoms with Crippen LogP contribution in [0.1, 0.15) is 0 Å². The Balaban J connectivity index is 3.87. The van der Waals surface area contributed by atoms with Crippen LogP contribution in [-0.2, 0) is 0 Å². The molecule has 0 fully saturated rings. The normalized spacial score (nSPS) is 14.9. The number of halogens is 4. The largest absolute Gasteiger partial charge is 0.438 e. The average molecular weight is 193 g/mol. The Labute approximate surface area is 64.4 Å². The molecule has 0 aromatic carbocycles. The van der Waals surface area contributed by atoms with Gasteiger partial charge in [-0.2, -0.15) is 13.2 Å². The number of nitrogens with two attached hydrogens (primary N) is 1. The maximum atomic E-state index is 11.4. The van der Waals surface area contributed by atoms with E-state index in [1.54, 1.807) is 0 Å². The van der Waals surface area contributed by atoms with Gasteiger partial charge in [0.1, 0.15) is 4.83 Å². The third-order valence-electron chi connectivity index (χ3n) is 0.488. The van der Waals surface area contributed by atoms with E-state index in [9.17, 15) is 13.2 Å². The van der Waals surface area contributed by atoms with E-state index in [0.29, 0.717) is 0 Å². The maximum absolute atomic E-state index is 11.4. The van der Waals surface area contributed by atoms with Gasteiger partial charge >= 0.3 is 6.18 Å². The zero-order valence-corrected chi connectivity index (χ0v) is 6.15. The Morgan fingerprint density at radius 2 is 2.00 bits per heavy atom. The molecule has 0 heterocycles. The average Bonchev–Trinajstić information content (AvgIpc) is 1.60. The lowest BCUT2D eigenvalue weighted by Crippen LogP contribution is -2.22. The van der Waals surface area contributed by atoms with Crippen LogP contribution in [-0.4, -0.2) is 16.1 Å². The Kier molecular flexibility index (Phi) is 3.47. The van der Waals surface area contributed by atoms with Gasteiger partial charge in [0.05, 0.1) is 0 Å². The molecule has 0 radical (unpaired) electrons. The molecule has 1 unspecified atom stereocenters. The van der Waals surface area contributed by atoms with Crippen LogP contribution in [0.4, 0.5) is 13.2 Å². The van der Waals surface area contributed by atoms with Crippen molar-refractivity contribution in [3.8, 4) is 0 Å². The molecule has 0 saturated heterocycles. The van der Waals surface area contributed by atoms with E-state index in [-0.39, 0.29) is 11.8 Å². The second kappa shape index (κ2) is 3.45. The predicted octanol–water partition coefficient (Wildman–Crippen LogP) is 1.74. The molecule has 0 aromatic rings. The van der Waals surface area contributed by atoms with Gasteiger partial charge in [0.25, 0.3) is 0 Å². The summed E-state index contributed by atoms with van der Waals surface area (Å²) in [6.07, 6.45) is -4.63. The first-order valence-electron chi connectivity index (χ1n) is 2.06. The molecule has 1 atom stereocenters.